The molecule has 5 aromatic rings. The van der Waals surface area contributed by atoms with E-state index in [2.05, 4.69) is 14.8 Å². The number of hydrogen-bond acceptors (Lipinski definition) is 16. The van der Waals surface area contributed by atoms with Crippen LogP contribution in [0.5, 0.6) is 11.5 Å². The van der Waals surface area contributed by atoms with Crippen LogP contribution in [-0.2, 0) is 33.4 Å². The van der Waals surface area contributed by atoms with Crippen LogP contribution in [0.1, 0.15) is 51.6 Å². The van der Waals surface area contributed by atoms with Gasteiger partial charge in [0.05, 0.1) is 25.3 Å². The van der Waals surface area contributed by atoms with Gasteiger partial charge in [0, 0.05) is 53.6 Å². The number of anilines is 2. The van der Waals surface area contributed by atoms with E-state index in [4.69, 9.17) is 29.8 Å². The van der Waals surface area contributed by atoms with E-state index >= 15 is 0 Å². The summed E-state index contributed by atoms with van der Waals surface area (Å²) in [6.45, 7) is 2.54. The van der Waals surface area contributed by atoms with Gasteiger partial charge in [-0.2, -0.15) is 8.42 Å². The highest BCUT2D eigenvalue weighted by Crippen LogP contribution is 2.31. The summed E-state index contributed by atoms with van der Waals surface area (Å²) in [6.07, 6.45) is -0.313. The second kappa shape index (κ2) is 22.9. The van der Waals surface area contributed by atoms with E-state index in [1.54, 1.807) is 127 Å². The molecular weight excluding hydrogens is 939 g/mol. The van der Waals surface area contributed by atoms with Crippen molar-refractivity contribution in [2.45, 2.75) is 32.1 Å². The zero-order valence-corrected chi connectivity index (χ0v) is 39.3. The Morgan fingerprint density at radius 1 is 0.620 bits per heavy atom. The van der Waals surface area contributed by atoms with Gasteiger partial charge in [0.1, 0.15) is 24.4 Å². The van der Waals surface area contributed by atoms with E-state index in [0.717, 1.165) is 6.26 Å². The van der Waals surface area contributed by atoms with Gasteiger partial charge < -0.3 is 29.6 Å². The Bertz CT molecular complexity index is 2900. The Kier molecular flexibility index (Phi) is 16.3. The molecule has 368 valence electrons. The van der Waals surface area contributed by atoms with Crippen molar-refractivity contribution in [3.05, 3.63) is 156 Å². The number of carbonyl (C=O) groups excluding carboxylic acids is 6. The highest BCUT2D eigenvalue weighted by atomic mass is 32.2. The van der Waals surface area contributed by atoms with Gasteiger partial charge in [-0.3, -0.25) is 48.9 Å². The van der Waals surface area contributed by atoms with E-state index in [1.165, 1.54) is 16.7 Å². The number of amides is 4. The van der Waals surface area contributed by atoms with Gasteiger partial charge >= 0.3 is 24.1 Å². The third kappa shape index (κ3) is 13.7. The first-order valence-electron chi connectivity index (χ1n) is 22.2. The molecule has 3 heterocycles. The van der Waals surface area contributed by atoms with E-state index in [1.807, 2.05) is 11.0 Å². The van der Waals surface area contributed by atoms with Crippen molar-refractivity contribution in [2.24, 2.45) is 5.92 Å². The standard InChI is InChI=1S/C31H30N4O7.C19H19N3O6S/c1-20(36)40-25-9-5-6-10-26(25)41-30(38)23-15-17-34(18-16-23)27-19-35(31(39)42-27)24-13-11-21(12-14-24)28(32)33-29(37)22-7-3-2-4-8-22;1-29(25,26)27-12-16-11-22(19(24)28-16)15-9-7-13(8-10-15)17(20)21-18(23)14-5-3-2-4-6-14/h2-14,23,27H,15-19H2,1H3,(H2,32,33,37);2-10,16H,11-12H2,1H3,(H2,20,21,23). The summed E-state index contributed by atoms with van der Waals surface area (Å²) in [7, 11) is -3.62. The Morgan fingerprint density at radius 2 is 1.07 bits per heavy atom. The summed E-state index contributed by atoms with van der Waals surface area (Å²) in [5, 5.41) is 21.4. The fourth-order valence-electron chi connectivity index (χ4n) is 7.57. The molecule has 0 saturated carbocycles. The second-order valence-electron chi connectivity index (χ2n) is 16.3. The highest BCUT2D eigenvalue weighted by Gasteiger charge is 2.39. The van der Waals surface area contributed by atoms with Crippen molar-refractivity contribution in [1.82, 2.24) is 15.5 Å². The van der Waals surface area contributed by atoms with Crippen LogP contribution in [0.3, 0.4) is 0 Å². The minimum Gasteiger partial charge on any atom is -0.441 e. The van der Waals surface area contributed by atoms with Crippen molar-refractivity contribution in [3.8, 4) is 11.5 Å². The van der Waals surface area contributed by atoms with Crippen molar-refractivity contribution in [2.75, 3.05) is 48.8 Å². The fraction of sp³-hybridized carbons (Fsp3) is 0.240. The number of piperidine rings is 1. The first kappa shape index (κ1) is 50.6. The van der Waals surface area contributed by atoms with Crippen molar-refractivity contribution in [1.29, 1.82) is 10.8 Å². The Hall–Kier alpha value is -8.27. The number of benzene rings is 5. The summed E-state index contributed by atoms with van der Waals surface area (Å²) in [5.41, 5.74) is 2.98. The maximum atomic E-state index is 12.8. The number of likely N-dealkylation sites (tertiary alicyclic amines) is 1. The molecule has 2 unspecified atom stereocenters. The van der Waals surface area contributed by atoms with Gasteiger partial charge in [0.25, 0.3) is 21.9 Å². The maximum Gasteiger partial charge on any atom is 0.416 e. The summed E-state index contributed by atoms with van der Waals surface area (Å²) < 4.78 is 48.2. The number of cyclic esters (lactones) is 2. The van der Waals surface area contributed by atoms with Crippen LogP contribution in [0.15, 0.2) is 133 Å². The Labute approximate surface area is 408 Å². The topological polar surface area (TPSA) is 264 Å². The van der Waals surface area contributed by atoms with E-state index in [-0.39, 0.29) is 48.1 Å². The van der Waals surface area contributed by atoms with Crippen molar-refractivity contribution >= 4 is 69.1 Å². The molecule has 0 spiro atoms. The van der Waals surface area contributed by atoms with Crippen LogP contribution in [0, 0.1) is 16.7 Å². The summed E-state index contributed by atoms with van der Waals surface area (Å²) >= 11 is 0. The molecule has 71 heavy (non-hydrogen) atoms. The van der Waals surface area contributed by atoms with Crippen LogP contribution in [-0.4, -0.2) is 112 Å². The van der Waals surface area contributed by atoms with E-state index in [9.17, 15) is 37.2 Å². The largest absolute Gasteiger partial charge is 0.441 e. The molecule has 3 saturated heterocycles. The average Bonchev–Trinajstić information content (AvgIpc) is 3.95. The third-order valence-electron chi connectivity index (χ3n) is 11.2. The minimum atomic E-state index is -3.62. The molecule has 3 aliphatic rings. The highest BCUT2D eigenvalue weighted by molar-refractivity contribution is 7.86. The monoisotopic (exact) mass is 987 g/mol. The predicted molar refractivity (Wildman–Crippen MR) is 258 cm³/mol. The summed E-state index contributed by atoms with van der Waals surface area (Å²) in [6, 6.07) is 36.9. The number of carbonyl (C=O) groups is 6. The second-order valence-corrected chi connectivity index (χ2v) is 18.0. The quantitative estimate of drug-likeness (QED) is 0.0362. The molecule has 3 aliphatic heterocycles. The molecule has 0 bridgehead atoms. The zero-order chi connectivity index (χ0) is 50.7. The predicted octanol–water partition coefficient (Wildman–Crippen LogP) is 5.71. The third-order valence-corrected chi connectivity index (χ3v) is 11.8. The van der Waals surface area contributed by atoms with E-state index in [0.29, 0.717) is 66.1 Å². The van der Waals surface area contributed by atoms with Gasteiger partial charge in [-0.1, -0.05) is 48.5 Å². The molecule has 4 N–H and O–H groups in total. The Morgan fingerprint density at radius 3 is 1.55 bits per heavy atom. The number of rotatable bonds is 13. The molecule has 0 aromatic heterocycles. The summed E-state index contributed by atoms with van der Waals surface area (Å²) in [4.78, 5) is 78.3. The molecular formula is C50H49N7O13S. The smallest absolute Gasteiger partial charge is 0.416 e. The van der Waals surface area contributed by atoms with Crippen LogP contribution in [0.25, 0.3) is 0 Å². The van der Waals surface area contributed by atoms with Crippen molar-refractivity contribution in [3.63, 3.8) is 0 Å². The molecule has 8 rings (SSSR count). The lowest BCUT2D eigenvalue weighted by molar-refractivity contribution is -0.142. The molecule has 21 heteroatoms. The van der Waals surface area contributed by atoms with Gasteiger partial charge in [-0.05, 0) is 97.8 Å². The van der Waals surface area contributed by atoms with Gasteiger partial charge in [0.2, 0.25) is 0 Å². The van der Waals surface area contributed by atoms with Crippen molar-refractivity contribution < 1.29 is 60.3 Å². The average molecular weight is 988 g/mol. The SMILES string of the molecule is CC(=O)Oc1ccccc1OC(=O)C1CCN(C2CN(c3ccc(C(=N)NC(=O)c4ccccc4)cc3)C(=O)O2)CC1.CS(=O)(=O)OCC1CN(c2ccc(C(=N)NC(=O)c3ccccc3)cc2)C(=O)O1. The fourth-order valence-corrected chi connectivity index (χ4v) is 7.97. The first-order chi connectivity index (χ1) is 34.0. The van der Waals surface area contributed by atoms with Gasteiger partial charge in [-0.15, -0.1) is 0 Å². The molecule has 3 fully saturated rings. The minimum absolute atomic E-state index is 0.0476. The molecule has 0 aliphatic carbocycles. The molecule has 0 radical (unpaired) electrons. The lowest BCUT2D eigenvalue weighted by atomic mass is 9.97. The van der Waals surface area contributed by atoms with Gasteiger partial charge in [-0.25, -0.2) is 9.59 Å². The first-order valence-corrected chi connectivity index (χ1v) is 24.0. The number of ether oxygens (including phenoxy) is 4. The molecule has 2 atom stereocenters. The molecule has 4 amide bonds. The number of amidine groups is 2. The molecule has 20 nitrogen and oxygen atoms in total. The number of esters is 2. The van der Waals surface area contributed by atoms with Crippen LogP contribution in [0.2, 0.25) is 0 Å². The van der Waals surface area contributed by atoms with Crippen LogP contribution < -0.4 is 29.9 Å². The number of hydrogen-bond donors (Lipinski definition) is 4. The zero-order valence-electron chi connectivity index (χ0n) is 38.4. The molecule has 5 aromatic carbocycles. The summed E-state index contributed by atoms with van der Waals surface area (Å²) in [5.74, 6) is -1.75. The Balaban J connectivity index is 0.000000224. The van der Waals surface area contributed by atoms with E-state index < -0.39 is 52.5 Å². The lowest BCUT2D eigenvalue weighted by Crippen LogP contribution is -2.45. The maximum absolute atomic E-state index is 12.8. The van der Waals surface area contributed by atoms with Crippen LogP contribution in [0.4, 0.5) is 21.0 Å². The van der Waals surface area contributed by atoms with Gasteiger partial charge in [0.15, 0.2) is 17.7 Å². The van der Waals surface area contributed by atoms with Crippen LogP contribution >= 0.6 is 0 Å². The normalized spacial score (nSPS) is 16.9. The number of nitrogens with one attached hydrogen (secondary N) is 4. The number of para-hydroxylation sites is 2. The number of nitrogens with zero attached hydrogens (tertiary/aromatic N) is 3. The lowest BCUT2D eigenvalue weighted by Gasteiger charge is -2.33.